The fourth-order valence-electron chi connectivity index (χ4n) is 2.11. The molecule has 0 spiro atoms. The normalized spacial score (nSPS) is 10.2. The zero-order valence-corrected chi connectivity index (χ0v) is 12.9. The van der Waals surface area contributed by atoms with Crippen molar-refractivity contribution < 1.29 is 4.79 Å². The van der Waals surface area contributed by atoms with Gasteiger partial charge < -0.3 is 10.6 Å². The molecule has 0 unspecified atom stereocenters. The van der Waals surface area contributed by atoms with Crippen molar-refractivity contribution in [1.29, 1.82) is 0 Å². The maximum absolute atomic E-state index is 12.1. The minimum Gasteiger partial charge on any atom is -0.308 e. The van der Waals surface area contributed by atoms with E-state index in [1.54, 1.807) is 11.3 Å². The molecular formula is C17H15N3OS. The third-order valence-corrected chi connectivity index (χ3v) is 3.88. The number of aromatic nitrogens is 1. The van der Waals surface area contributed by atoms with E-state index in [1.165, 1.54) is 0 Å². The summed E-state index contributed by atoms with van der Waals surface area (Å²) in [5, 5.41) is 8.68. The molecular weight excluding hydrogens is 294 g/mol. The van der Waals surface area contributed by atoms with Crippen LogP contribution in [-0.4, -0.2) is 11.0 Å². The summed E-state index contributed by atoms with van der Waals surface area (Å²) in [5.74, 6) is 0. The number of carbonyl (C=O) groups is 1. The van der Waals surface area contributed by atoms with E-state index in [2.05, 4.69) is 15.6 Å². The number of hydrogen-bond donors (Lipinski definition) is 2. The zero-order valence-electron chi connectivity index (χ0n) is 12.0. The summed E-state index contributed by atoms with van der Waals surface area (Å²) in [5.41, 5.74) is 3.27. The molecule has 2 N–H and O–H groups in total. The van der Waals surface area contributed by atoms with Gasteiger partial charge >= 0.3 is 6.03 Å². The van der Waals surface area contributed by atoms with Crippen molar-refractivity contribution in [2.45, 2.75) is 6.92 Å². The number of hydrogen-bond acceptors (Lipinski definition) is 3. The van der Waals surface area contributed by atoms with Crippen molar-refractivity contribution in [1.82, 2.24) is 4.98 Å². The Kier molecular flexibility index (Phi) is 4.16. The van der Waals surface area contributed by atoms with Crippen molar-refractivity contribution in [3.63, 3.8) is 0 Å². The predicted molar refractivity (Wildman–Crippen MR) is 91.4 cm³/mol. The molecule has 5 heteroatoms. The molecule has 0 radical (unpaired) electrons. The van der Waals surface area contributed by atoms with Gasteiger partial charge in [0.1, 0.15) is 0 Å². The van der Waals surface area contributed by atoms with E-state index in [0.29, 0.717) is 0 Å². The van der Waals surface area contributed by atoms with E-state index in [4.69, 9.17) is 0 Å². The maximum atomic E-state index is 12.1. The number of para-hydroxylation sites is 2. The number of benzene rings is 2. The molecule has 4 nitrogen and oxygen atoms in total. The van der Waals surface area contributed by atoms with Gasteiger partial charge in [-0.05, 0) is 25.1 Å². The SMILES string of the molecule is Cc1nc(-c2ccccc2NC(=O)Nc2ccccc2)cs1. The Balaban J connectivity index is 1.79. The Morgan fingerprint density at radius 1 is 1.00 bits per heavy atom. The first-order chi connectivity index (χ1) is 10.7. The Morgan fingerprint density at radius 2 is 1.73 bits per heavy atom. The van der Waals surface area contributed by atoms with Gasteiger partial charge in [-0.1, -0.05) is 36.4 Å². The number of aryl methyl sites for hydroxylation is 1. The lowest BCUT2D eigenvalue weighted by Crippen LogP contribution is -2.19. The molecule has 0 atom stereocenters. The van der Waals surface area contributed by atoms with Gasteiger partial charge in [-0.25, -0.2) is 9.78 Å². The van der Waals surface area contributed by atoms with Gasteiger partial charge in [0.2, 0.25) is 0 Å². The number of carbonyl (C=O) groups excluding carboxylic acids is 1. The minimum atomic E-state index is -0.273. The van der Waals surface area contributed by atoms with Crippen molar-refractivity contribution >= 4 is 28.7 Å². The lowest BCUT2D eigenvalue weighted by atomic mass is 10.1. The van der Waals surface area contributed by atoms with Crippen molar-refractivity contribution in [3.8, 4) is 11.3 Å². The molecule has 0 saturated carbocycles. The van der Waals surface area contributed by atoms with Gasteiger partial charge in [-0.3, -0.25) is 0 Å². The number of rotatable bonds is 3. The largest absolute Gasteiger partial charge is 0.323 e. The molecule has 3 aromatic rings. The average molecular weight is 309 g/mol. The molecule has 1 heterocycles. The Hall–Kier alpha value is -2.66. The first kappa shape index (κ1) is 14.3. The van der Waals surface area contributed by atoms with E-state index < -0.39 is 0 Å². The molecule has 22 heavy (non-hydrogen) atoms. The van der Waals surface area contributed by atoms with E-state index in [0.717, 1.165) is 27.6 Å². The number of nitrogens with zero attached hydrogens (tertiary/aromatic N) is 1. The third kappa shape index (κ3) is 3.32. The van der Waals surface area contributed by atoms with Gasteiger partial charge in [0.05, 0.1) is 16.4 Å². The number of urea groups is 1. The number of amides is 2. The quantitative estimate of drug-likeness (QED) is 0.732. The van der Waals surface area contributed by atoms with E-state index >= 15 is 0 Å². The second-order valence-corrected chi connectivity index (χ2v) is 5.80. The highest BCUT2D eigenvalue weighted by Gasteiger charge is 2.10. The predicted octanol–water partition coefficient (Wildman–Crippen LogP) is 4.76. The Labute approximate surface area is 132 Å². The molecule has 0 aliphatic carbocycles. The summed E-state index contributed by atoms with van der Waals surface area (Å²) >= 11 is 1.59. The van der Waals surface area contributed by atoms with Crippen molar-refractivity contribution in [2.75, 3.05) is 10.6 Å². The van der Waals surface area contributed by atoms with Gasteiger partial charge in [0.25, 0.3) is 0 Å². The molecule has 3 rings (SSSR count). The first-order valence-corrected chi connectivity index (χ1v) is 7.75. The van der Waals surface area contributed by atoms with Crippen LogP contribution >= 0.6 is 11.3 Å². The molecule has 1 aromatic heterocycles. The second kappa shape index (κ2) is 6.41. The molecule has 110 valence electrons. The number of thiazole rings is 1. The minimum absolute atomic E-state index is 0.273. The Bertz CT molecular complexity index is 783. The summed E-state index contributed by atoms with van der Waals surface area (Å²) in [7, 11) is 0. The second-order valence-electron chi connectivity index (χ2n) is 4.74. The van der Waals surface area contributed by atoms with Crippen LogP contribution in [-0.2, 0) is 0 Å². The molecule has 0 aliphatic rings. The van der Waals surface area contributed by atoms with Gasteiger partial charge in [-0.15, -0.1) is 11.3 Å². The fraction of sp³-hybridized carbons (Fsp3) is 0.0588. The highest BCUT2D eigenvalue weighted by molar-refractivity contribution is 7.09. The van der Waals surface area contributed by atoms with Crippen molar-refractivity contribution in [2.24, 2.45) is 0 Å². The van der Waals surface area contributed by atoms with Gasteiger partial charge in [0, 0.05) is 16.6 Å². The van der Waals surface area contributed by atoms with Crippen LogP contribution in [0.25, 0.3) is 11.3 Å². The van der Waals surface area contributed by atoms with E-state index in [1.807, 2.05) is 66.9 Å². The lowest BCUT2D eigenvalue weighted by Gasteiger charge is -2.10. The topological polar surface area (TPSA) is 54.0 Å². The summed E-state index contributed by atoms with van der Waals surface area (Å²) in [6, 6.07) is 16.7. The molecule has 0 saturated heterocycles. The van der Waals surface area contributed by atoms with Crippen LogP contribution in [0.1, 0.15) is 5.01 Å². The third-order valence-electron chi connectivity index (χ3n) is 3.10. The molecule has 0 bridgehead atoms. The van der Waals surface area contributed by atoms with Gasteiger partial charge in [0.15, 0.2) is 0 Å². The summed E-state index contributed by atoms with van der Waals surface area (Å²) in [6.45, 7) is 1.96. The van der Waals surface area contributed by atoms with E-state index in [-0.39, 0.29) is 6.03 Å². The first-order valence-electron chi connectivity index (χ1n) is 6.87. The average Bonchev–Trinajstić information content (AvgIpc) is 2.95. The van der Waals surface area contributed by atoms with Crippen LogP contribution in [0.5, 0.6) is 0 Å². The van der Waals surface area contributed by atoms with Crippen LogP contribution < -0.4 is 10.6 Å². The standard InChI is InChI=1S/C17H15N3OS/c1-12-18-16(11-22-12)14-9-5-6-10-15(14)20-17(21)19-13-7-3-2-4-8-13/h2-11H,1H3,(H2,19,20,21). The van der Waals surface area contributed by atoms with Crippen LogP contribution in [0.3, 0.4) is 0 Å². The summed E-state index contributed by atoms with van der Waals surface area (Å²) in [6.07, 6.45) is 0. The molecule has 2 aromatic carbocycles. The van der Waals surface area contributed by atoms with Crippen LogP contribution in [0.4, 0.5) is 16.2 Å². The smallest absolute Gasteiger partial charge is 0.308 e. The molecule has 0 fully saturated rings. The monoisotopic (exact) mass is 309 g/mol. The highest BCUT2D eigenvalue weighted by atomic mass is 32.1. The highest BCUT2D eigenvalue weighted by Crippen LogP contribution is 2.28. The summed E-state index contributed by atoms with van der Waals surface area (Å²) < 4.78 is 0. The van der Waals surface area contributed by atoms with Gasteiger partial charge in [-0.2, -0.15) is 0 Å². The Morgan fingerprint density at radius 3 is 2.45 bits per heavy atom. The summed E-state index contributed by atoms with van der Waals surface area (Å²) in [4.78, 5) is 16.6. The number of anilines is 2. The van der Waals surface area contributed by atoms with E-state index in [9.17, 15) is 4.79 Å². The van der Waals surface area contributed by atoms with Crippen LogP contribution in [0, 0.1) is 6.92 Å². The molecule has 0 aliphatic heterocycles. The molecule has 2 amide bonds. The van der Waals surface area contributed by atoms with Crippen LogP contribution in [0.2, 0.25) is 0 Å². The zero-order chi connectivity index (χ0) is 15.4. The van der Waals surface area contributed by atoms with Crippen LogP contribution in [0.15, 0.2) is 60.0 Å². The number of nitrogens with one attached hydrogen (secondary N) is 2. The van der Waals surface area contributed by atoms with Crippen molar-refractivity contribution in [3.05, 3.63) is 65.0 Å². The lowest BCUT2D eigenvalue weighted by molar-refractivity contribution is 0.262. The fourth-order valence-corrected chi connectivity index (χ4v) is 2.72. The maximum Gasteiger partial charge on any atom is 0.323 e.